The minimum absolute atomic E-state index is 0.222. The number of carboxylic acid groups (broad SMARTS) is 2. The number of aliphatic carboxylic acids is 1. The Morgan fingerprint density at radius 3 is 2.06 bits per heavy atom. The second-order valence-corrected chi connectivity index (χ2v) is 2.55. The largest absolute Gasteiger partial charge is 0.481 e. The summed E-state index contributed by atoms with van der Waals surface area (Å²) < 4.78 is 0. The Kier molecular flexibility index (Phi) is 5.25. The van der Waals surface area contributed by atoms with E-state index in [0.29, 0.717) is 0 Å². The number of H-pyrrole nitrogens is 2. The van der Waals surface area contributed by atoms with E-state index in [-0.39, 0.29) is 6.42 Å². The number of hydrogen-bond acceptors (Lipinski definition) is 4. The van der Waals surface area contributed by atoms with Gasteiger partial charge in [0.15, 0.2) is 0 Å². The van der Waals surface area contributed by atoms with Gasteiger partial charge in [-0.05, 0) is 0 Å². The highest BCUT2D eigenvalue weighted by Gasteiger charge is 2.03. The Balaban J connectivity index is 0.000000385. The molecule has 1 rings (SSSR count). The fourth-order valence-corrected chi connectivity index (χ4v) is 0.584. The van der Waals surface area contributed by atoms with E-state index in [1.165, 1.54) is 0 Å². The van der Waals surface area contributed by atoms with Crippen molar-refractivity contribution in [3.8, 4) is 0 Å². The van der Waals surface area contributed by atoms with Crippen LogP contribution in [-0.4, -0.2) is 32.1 Å². The highest BCUT2D eigenvalue weighted by atomic mass is 16.4. The van der Waals surface area contributed by atoms with Gasteiger partial charge in [-0.3, -0.25) is 14.6 Å². The van der Waals surface area contributed by atoms with Crippen molar-refractivity contribution in [2.45, 2.75) is 13.3 Å². The summed E-state index contributed by atoms with van der Waals surface area (Å²) in [6.07, 6.45) is 0.222. The molecule has 0 spiro atoms. The third kappa shape index (κ3) is 5.37. The summed E-state index contributed by atoms with van der Waals surface area (Å²) in [5.74, 6) is -2.08. The number of carbonyl (C=O) groups is 2. The Bertz CT molecular complexity index is 458. The van der Waals surface area contributed by atoms with Crippen LogP contribution in [0.2, 0.25) is 0 Å². The molecule has 0 saturated heterocycles. The molecule has 4 N–H and O–H groups in total. The average molecular weight is 230 g/mol. The molecular weight excluding hydrogens is 220 g/mol. The molecule has 0 unspecified atom stereocenters. The van der Waals surface area contributed by atoms with Crippen LogP contribution >= 0.6 is 0 Å². The number of nitrogens with one attached hydrogen (secondary N) is 2. The summed E-state index contributed by atoms with van der Waals surface area (Å²) in [5.41, 5.74) is -1.97. The number of carboxylic acids is 2. The third-order valence-corrected chi connectivity index (χ3v) is 1.29. The Morgan fingerprint density at radius 2 is 1.75 bits per heavy atom. The maximum absolute atomic E-state index is 10.5. The lowest BCUT2D eigenvalue weighted by Crippen LogP contribution is -2.24. The van der Waals surface area contributed by atoms with E-state index in [4.69, 9.17) is 10.2 Å². The molecule has 0 saturated carbocycles. The molecule has 0 aromatic carbocycles. The quantitative estimate of drug-likeness (QED) is 0.526. The van der Waals surface area contributed by atoms with Crippen molar-refractivity contribution in [1.82, 2.24) is 9.97 Å². The van der Waals surface area contributed by atoms with E-state index < -0.39 is 28.9 Å². The summed E-state index contributed by atoms with van der Waals surface area (Å²) in [6, 6.07) is 0.795. The number of aromatic carboxylic acids is 1. The number of aromatic nitrogens is 2. The maximum atomic E-state index is 10.5. The van der Waals surface area contributed by atoms with Gasteiger partial charge in [-0.25, -0.2) is 9.59 Å². The summed E-state index contributed by atoms with van der Waals surface area (Å²) in [4.78, 5) is 44.2. The van der Waals surface area contributed by atoms with E-state index in [9.17, 15) is 19.2 Å². The molecule has 0 aliphatic carbocycles. The number of hydrogen-bond donors (Lipinski definition) is 4. The van der Waals surface area contributed by atoms with Crippen LogP contribution in [0.4, 0.5) is 0 Å². The lowest BCUT2D eigenvalue weighted by Gasteiger charge is -1.89. The first-order valence-electron chi connectivity index (χ1n) is 4.15. The monoisotopic (exact) mass is 230 g/mol. The predicted octanol–water partition coefficient (Wildman–Crippen LogP) is -0.758. The topological polar surface area (TPSA) is 140 Å². The Hall–Kier alpha value is -2.38. The first-order valence-corrected chi connectivity index (χ1v) is 4.15. The van der Waals surface area contributed by atoms with E-state index in [1.807, 2.05) is 9.97 Å². The normalized spacial score (nSPS) is 8.81. The first-order chi connectivity index (χ1) is 7.36. The zero-order chi connectivity index (χ0) is 12.7. The minimum atomic E-state index is -1.34. The molecule has 8 heteroatoms. The van der Waals surface area contributed by atoms with E-state index in [0.717, 1.165) is 6.07 Å². The standard InChI is InChI=1S/C5H4N2O4.C3H6O2/c8-3-1-2(4(9)10)6-5(11)7-3;1-2-3(4)5/h1H,(H,9,10)(H2,6,7,8,11);2H2,1H3,(H,4,5). The van der Waals surface area contributed by atoms with Crippen molar-refractivity contribution in [2.24, 2.45) is 0 Å². The smallest absolute Gasteiger partial charge is 0.352 e. The zero-order valence-corrected chi connectivity index (χ0v) is 8.31. The van der Waals surface area contributed by atoms with Gasteiger partial charge in [0.2, 0.25) is 0 Å². The second-order valence-electron chi connectivity index (χ2n) is 2.55. The molecule has 1 aromatic heterocycles. The van der Waals surface area contributed by atoms with Gasteiger partial charge in [0.25, 0.3) is 5.56 Å². The van der Waals surface area contributed by atoms with Crippen molar-refractivity contribution in [1.29, 1.82) is 0 Å². The summed E-state index contributed by atoms with van der Waals surface area (Å²) in [5, 5.41) is 16.0. The number of rotatable bonds is 2. The van der Waals surface area contributed by atoms with Crippen LogP contribution in [0.5, 0.6) is 0 Å². The van der Waals surface area contributed by atoms with Gasteiger partial charge in [-0.1, -0.05) is 6.92 Å². The summed E-state index contributed by atoms with van der Waals surface area (Å²) in [6.45, 7) is 1.60. The lowest BCUT2D eigenvalue weighted by molar-refractivity contribution is -0.136. The lowest BCUT2D eigenvalue weighted by atomic mass is 10.4. The highest BCUT2D eigenvalue weighted by molar-refractivity contribution is 5.84. The van der Waals surface area contributed by atoms with Crippen LogP contribution in [0.15, 0.2) is 15.7 Å². The molecule has 0 aliphatic rings. The van der Waals surface area contributed by atoms with Crippen LogP contribution in [0.25, 0.3) is 0 Å². The molecule has 0 amide bonds. The van der Waals surface area contributed by atoms with Crippen molar-refractivity contribution in [3.05, 3.63) is 32.6 Å². The second kappa shape index (κ2) is 6.17. The SMILES string of the molecule is CCC(=O)O.O=C(O)c1cc(=O)[nH]c(=O)[nH]1. The zero-order valence-electron chi connectivity index (χ0n) is 8.31. The summed E-state index contributed by atoms with van der Waals surface area (Å²) >= 11 is 0. The number of aromatic amines is 2. The molecule has 0 radical (unpaired) electrons. The van der Waals surface area contributed by atoms with Crippen molar-refractivity contribution in [2.75, 3.05) is 0 Å². The first kappa shape index (κ1) is 13.6. The predicted molar refractivity (Wildman–Crippen MR) is 52.6 cm³/mol. The third-order valence-electron chi connectivity index (χ3n) is 1.29. The van der Waals surface area contributed by atoms with Gasteiger partial charge in [-0.15, -0.1) is 0 Å². The van der Waals surface area contributed by atoms with Gasteiger partial charge in [0.05, 0.1) is 0 Å². The molecule has 0 aliphatic heterocycles. The van der Waals surface area contributed by atoms with E-state index in [2.05, 4.69) is 0 Å². The maximum Gasteiger partial charge on any atom is 0.352 e. The fraction of sp³-hybridized carbons (Fsp3) is 0.250. The Labute approximate surface area is 88.6 Å². The average Bonchev–Trinajstić information content (AvgIpc) is 2.17. The van der Waals surface area contributed by atoms with Crippen LogP contribution in [-0.2, 0) is 4.79 Å². The van der Waals surface area contributed by atoms with Crippen molar-refractivity contribution >= 4 is 11.9 Å². The van der Waals surface area contributed by atoms with Gasteiger partial charge in [-0.2, -0.15) is 0 Å². The molecule has 0 fully saturated rings. The van der Waals surface area contributed by atoms with Gasteiger partial charge >= 0.3 is 17.6 Å². The van der Waals surface area contributed by atoms with Gasteiger partial charge < -0.3 is 15.2 Å². The van der Waals surface area contributed by atoms with Gasteiger partial charge in [0, 0.05) is 12.5 Å². The highest BCUT2D eigenvalue weighted by Crippen LogP contribution is 1.81. The molecule has 8 nitrogen and oxygen atoms in total. The molecule has 0 bridgehead atoms. The molecule has 0 atom stereocenters. The molecular formula is C8H10N2O6. The van der Waals surface area contributed by atoms with Crippen LogP contribution < -0.4 is 11.2 Å². The summed E-state index contributed by atoms with van der Waals surface area (Å²) in [7, 11) is 0. The molecule has 16 heavy (non-hydrogen) atoms. The van der Waals surface area contributed by atoms with Crippen LogP contribution in [0.1, 0.15) is 23.8 Å². The fourth-order valence-electron chi connectivity index (χ4n) is 0.584. The molecule has 88 valence electrons. The van der Waals surface area contributed by atoms with Crippen LogP contribution in [0.3, 0.4) is 0 Å². The van der Waals surface area contributed by atoms with Gasteiger partial charge in [0.1, 0.15) is 5.69 Å². The molecule has 1 aromatic rings. The van der Waals surface area contributed by atoms with Crippen molar-refractivity contribution < 1.29 is 19.8 Å². The Morgan fingerprint density at radius 1 is 1.25 bits per heavy atom. The van der Waals surface area contributed by atoms with E-state index in [1.54, 1.807) is 6.92 Å². The van der Waals surface area contributed by atoms with E-state index >= 15 is 0 Å². The minimum Gasteiger partial charge on any atom is -0.481 e. The van der Waals surface area contributed by atoms with Crippen LogP contribution in [0, 0.1) is 0 Å². The molecule has 1 heterocycles. The van der Waals surface area contributed by atoms with Crippen molar-refractivity contribution in [3.63, 3.8) is 0 Å².